The zero-order chi connectivity index (χ0) is 37.2. The zero-order valence-corrected chi connectivity index (χ0v) is 28.5. The molecular formula is C32H51N15O3. The molecule has 1 aliphatic carbocycles. The van der Waals surface area contributed by atoms with Gasteiger partial charge in [0, 0.05) is 30.2 Å². The first-order chi connectivity index (χ1) is 23.5. The van der Waals surface area contributed by atoms with Gasteiger partial charge in [-0.3, -0.25) is 27.7 Å². The maximum Gasteiger partial charge on any atom is 0.356 e. The van der Waals surface area contributed by atoms with E-state index in [1.165, 1.54) is 5.12 Å². The highest BCUT2D eigenvalue weighted by Gasteiger charge is 2.33. The molecule has 2 aromatic carbocycles. The maximum absolute atomic E-state index is 11.7. The van der Waals surface area contributed by atoms with Crippen molar-refractivity contribution in [3.63, 3.8) is 0 Å². The van der Waals surface area contributed by atoms with Gasteiger partial charge in [-0.25, -0.2) is 15.3 Å². The molecule has 0 bridgehead atoms. The summed E-state index contributed by atoms with van der Waals surface area (Å²) in [6, 6.07) is 15.4. The number of amides is 1. The van der Waals surface area contributed by atoms with Crippen LogP contribution in [0.3, 0.4) is 0 Å². The SMILES string of the molecule is CCN(CC)c1ccc(N(c2ccc(N(NC(N)(N)C(N)N)NC(N)(N)C(N)N)cc2)C2C=CC(/C=C(C)/C(=N\NC=O)C(=O)O)=CC2)cc1. The van der Waals surface area contributed by atoms with Gasteiger partial charge in [-0.2, -0.15) is 16.0 Å². The topological polar surface area (TPSA) is 321 Å². The molecule has 50 heavy (non-hydrogen) atoms. The van der Waals surface area contributed by atoms with Gasteiger partial charge >= 0.3 is 5.97 Å². The van der Waals surface area contributed by atoms with E-state index < -0.39 is 29.9 Å². The average Bonchev–Trinajstić information content (AvgIpc) is 3.06. The molecule has 0 aliphatic heterocycles. The number of hydrazine groups is 2. The normalized spacial score (nSPS) is 15.6. The Morgan fingerprint density at radius 3 is 1.78 bits per heavy atom. The lowest BCUT2D eigenvalue weighted by Gasteiger charge is -2.42. The minimum atomic E-state index is -1.80. The summed E-state index contributed by atoms with van der Waals surface area (Å²) >= 11 is 0. The number of anilines is 4. The molecule has 272 valence electrons. The predicted molar refractivity (Wildman–Crippen MR) is 198 cm³/mol. The number of aliphatic carboxylic acids is 1. The van der Waals surface area contributed by atoms with Crippen molar-refractivity contribution >= 4 is 40.8 Å². The van der Waals surface area contributed by atoms with Gasteiger partial charge in [0.15, 0.2) is 17.3 Å². The second-order valence-corrected chi connectivity index (χ2v) is 11.8. The van der Waals surface area contributed by atoms with Crippen LogP contribution in [0.5, 0.6) is 0 Å². The van der Waals surface area contributed by atoms with E-state index in [0.29, 0.717) is 24.1 Å². The van der Waals surface area contributed by atoms with E-state index in [9.17, 15) is 14.7 Å². The van der Waals surface area contributed by atoms with Gasteiger partial charge in [0.05, 0.1) is 11.7 Å². The fourth-order valence-corrected chi connectivity index (χ4v) is 5.04. The van der Waals surface area contributed by atoms with Gasteiger partial charge in [0.2, 0.25) is 6.41 Å². The molecule has 1 unspecified atom stereocenters. The Morgan fingerprint density at radius 1 is 0.900 bits per heavy atom. The number of nitrogens with zero attached hydrogens (tertiary/aromatic N) is 4. The van der Waals surface area contributed by atoms with E-state index >= 15 is 0 Å². The molecule has 2 aromatic rings. The summed E-state index contributed by atoms with van der Waals surface area (Å²) in [5, 5.41) is 14.4. The van der Waals surface area contributed by atoms with Crippen LogP contribution >= 0.6 is 0 Å². The molecule has 0 aromatic heterocycles. The first kappa shape index (κ1) is 39.7. The lowest BCUT2D eigenvalue weighted by molar-refractivity contribution is -0.129. The van der Waals surface area contributed by atoms with Gasteiger partial charge in [0.1, 0.15) is 12.3 Å². The molecule has 20 N–H and O–H groups in total. The Hall–Kier alpha value is -4.73. The molecule has 1 atom stereocenters. The van der Waals surface area contributed by atoms with Gasteiger partial charge in [0.25, 0.3) is 0 Å². The van der Waals surface area contributed by atoms with Crippen LogP contribution in [0.25, 0.3) is 0 Å². The number of carboxylic acid groups (broad SMARTS) is 1. The molecule has 0 radical (unpaired) electrons. The molecule has 0 spiro atoms. The van der Waals surface area contributed by atoms with Gasteiger partial charge < -0.3 is 37.8 Å². The molecule has 0 saturated carbocycles. The number of benzene rings is 2. The largest absolute Gasteiger partial charge is 0.476 e. The summed E-state index contributed by atoms with van der Waals surface area (Å²) in [5.74, 6) is -4.86. The zero-order valence-electron chi connectivity index (χ0n) is 28.5. The molecule has 18 heteroatoms. The summed E-state index contributed by atoms with van der Waals surface area (Å²) in [6.45, 7) is 7.57. The summed E-state index contributed by atoms with van der Waals surface area (Å²) in [4.78, 5) is 26.8. The first-order valence-corrected chi connectivity index (χ1v) is 15.9. The quantitative estimate of drug-likeness (QED) is 0.0366. The third-order valence-corrected chi connectivity index (χ3v) is 7.98. The number of allylic oxidation sites excluding steroid dienone is 3. The summed E-state index contributed by atoms with van der Waals surface area (Å²) in [7, 11) is 0. The third-order valence-electron chi connectivity index (χ3n) is 7.98. The number of hydrogen-bond acceptors (Lipinski definition) is 16. The fourth-order valence-electron chi connectivity index (χ4n) is 5.04. The van der Waals surface area contributed by atoms with Crippen molar-refractivity contribution in [1.29, 1.82) is 0 Å². The van der Waals surface area contributed by atoms with Gasteiger partial charge in [-0.1, -0.05) is 18.2 Å². The van der Waals surface area contributed by atoms with Crippen molar-refractivity contribution in [2.75, 3.05) is 28.0 Å². The first-order valence-electron chi connectivity index (χ1n) is 15.9. The van der Waals surface area contributed by atoms with Crippen molar-refractivity contribution in [2.24, 2.45) is 51.0 Å². The van der Waals surface area contributed by atoms with Crippen LogP contribution < -0.4 is 77.1 Å². The fraction of sp³-hybridized carbons (Fsp3) is 0.344. The van der Waals surface area contributed by atoms with E-state index in [-0.39, 0.29) is 11.8 Å². The lowest BCUT2D eigenvalue weighted by atomic mass is 9.98. The van der Waals surface area contributed by atoms with E-state index in [1.807, 2.05) is 35.8 Å². The summed E-state index contributed by atoms with van der Waals surface area (Å²) in [5.41, 5.74) is 59.4. The lowest BCUT2D eigenvalue weighted by Crippen LogP contribution is -2.83. The highest BCUT2D eigenvalue weighted by Crippen LogP contribution is 2.34. The minimum absolute atomic E-state index is 0.138. The highest BCUT2D eigenvalue weighted by molar-refractivity contribution is 6.42. The number of hydrogen-bond donors (Lipinski definition) is 12. The van der Waals surface area contributed by atoms with Crippen molar-refractivity contribution in [3.05, 3.63) is 84.0 Å². The van der Waals surface area contributed by atoms with Crippen molar-refractivity contribution < 1.29 is 14.7 Å². The number of rotatable bonds is 18. The van der Waals surface area contributed by atoms with Crippen molar-refractivity contribution in [2.45, 2.75) is 57.1 Å². The Morgan fingerprint density at radius 2 is 1.38 bits per heavy atom. The molecule has 0 fully saturated rings. The number of carbonyl (C=O) groups excluding carboxylic acids is 1. The number of carboxylic acids is 1. The van der Waals surface area contributed by atoms with Crippen LogP contribution in [0, 0.1) is 0 Å². The molecule has 18 nitrogen and oxygen atoms in total. The van der Waals surface area contributed by atoms with Crippen LogP contribution in [0.4, 0.5) is 22.7 Å². The van der Waals surface area contributed by atoms with Crippen LogP contribution in [0.1, 0.15) is 27.2 Å². The molecule has 0 heterocycles. The van der Waals surface area contributed by atoms with Crippen LogP contribution in [0.15, 0.2) is 89.1 Å². The van der Waals surface area contributed by atoms with Crippen LogP contribution in [-0.4, -0.2) is 66.2 Å². The van der Waals surface area contributed by atoms with Crippen LogP contribution in [0.2, 0.25) is 0 Å². The second-order valence-electron chi connectivity index (χ2n) is 11.8. The van der Waals surface area contributed by atoms with Gasteiger partial charge in [-0.15, -0.1) is 0 Å². The second kappa shape index (κ2) is 17.3. The summed E-state index contributed by atoms with van der Waals surface area (Å²) in [6.07, 6.45) is 6.13. The smallest absolute Gasteiger partial charge is 0.356 e. The molecule has 1 aliphatic rings. The van der Waals surface area contributed by atoms with Crippen molar-refractivity contribution in [3.8, 4) is 0 Å². The average molecular weight is 694 g/mol. The molecule has 3 rings (SSSR count). The monoisotopic (exact) mass is 693 g/mol. The number of hydrazone groups is 1. The Balaban J connectivity index is 2.03. The minimum Gasteiger partial charge on any atom is -0.476 e. The highest BCUT2D eigenvalue weighted by atomic mass is 16.4. The number of nitrogens with two attached hydrogens (primary N) is 8. The number of nitrogens with one attached hydrogen (secondary N) is 3. The summed E-state index contributed by atoms with van der Waals surface area (Å²) < 4.78 is 0. The maximum atomic E-state index is 11.7. The molecular weight excluding hydrogens is 642 g/mol. The van der Waals surface area contributed by atoms with Crippen molar-refractivity contribution in [1.82, 2.24) is 16.3 Å². The molecule has 1 amide bonds. The van der Waals surface area contributed by atoms with E-state index in [4.69, 9.17) is 45.9 Å². The van der Waals surface area contributed by atoms with E-state index in [1.54, 1.807) is 25.1 Å². The third kappa shape index (κ3) is 10.2. The predicted octanol–water partition coefficient (Wildman–Crippen LogP) is -1.50. The standard InChI is InChI=1S/C32H51N15O3/c1-4-45(5-2)22-10-12-24(13-11-22)46(23-8-6-21(7-9-23)18-20(3)27(28(49)50)42-41-19-48)25-14-16-26(17-15-25)47(43-31(37,38)29(33)34)44-32(39,40)30(35)36/h6-8,10-19,23,29-30,43-44H,4-5,9,33-40H2,1-3H3,(H,41,48)(H,49,50)/b20-18+,42-27+. The molecule has 0 saturated heterocycles. The number of carbonyl (C=O) groups is 2. The Bertz CT molecular complexity index is 1540. The van der Waals surface area contributed by atoms with Crippen LogP contribution in [-0.2, 0) is 9.59 Å². The Kier molecular flexibility index (Phi) is 13.7. The van der Waals surface area contributed by atoms with E-state index in [0.717, 1.165) is 35.7 Å². The van der Waals surface area contributed by atoms with Gasteiger partial charge in [-0.05, 0) is 92.9 Å². The van der Waals surface area contributed by atoms with E-state index in [2.05, 4.69) is 63.9 Å². The Labute approximate surface area is 291 Å².